The normalized spacial score (nSPS) is 11.5. The zero-order valence-electron chi connectivity index (χ0n) is 13.5. The van der Waals surface area contributed by atoms with Gasteiger partial charge in [0.25, 0.3) is 0 Å². The predicted octanol–water partition coefficient (Wildman–Crippen LogP) is 3.05. The van der Waals surface area contributed by atoms with Gasteiger partial charge in [-0.3, -0.25) is 4.79 Å². The Labute approximate surface area is 147 Å². The van der Waals surface area contributed by atoms with Crippen LogP contribution in [0.15, 0.2) is 48.5 Å². The maximum absolute atomic E-state index is 12.2. The largest absolute Gasteiger partial charge is 0.325 e. The number of carbonyl (C=O) groups is 1. The fourth-order valence-electron chi connectivity index (χ4n) is 2.23. The summed E-state index contributed by atoms with van der Waals surface area (Å²) in [4.78, 5) is 12.2. The highest BCUT2D eigenvalue weighted by Gasteiger charge is 2.20. The third-order valence-corrected chi connectivity index (χ3v) is 4.77. The van der Waals surface area contributed by atoms with Gasteiger partial charge in [-0.1, -0.05) is 47.5 Å². The van der Waals surface area contributed by atoms with Crippen molar-refractivity contribution in [3.63, 3.8) is 0 Å². The lowest BCUT2D eigenvalue weighted by Crippen LogP contribution is -2.36. The topological polar surface area (TPSA) is 66.5 Å². The van der Waals surface area contributed by atoms with Gasteiger partial charge >= 0.3 is 0 Å². The van der Waals surface area contributed by atoms with Crippen molar-refractivity contribution in [2.24, 2.45) is 0 Å². The molecule has 1 N–H and O–H groups in total. The number of nitrogens with one attached hydrogen (secondary N) is 1. The van der Waals surface area contributed by atoms with Gasteiger partial charge < -0.3 is 5.32 Å². The van der Waals surface area contributed by atoms with Gasteiger partial charge in [-0.15, -0.1) is 0 Å². The molecule has 0 fully saturated rings. The molecule has 2 aromatic carbocycles. The van der Waals surface area contributed by atoms with Crippen LogP contribution in [0.5, 0.6) is 0 Å². The van der Waals surface area contributed by atoms with Crippen LogP contribution in [-0.4, -0.2) is 31.4 Å². The highest BCUT2D eigenvalue weighted by Crippen LogP contribution is 2.15. The van der Waals surface area contributed by atoms with Crippen LogP contribution in [0, 0.1) is 6.92 Å². The monoisotopic (exact) mass is 366 g/mol. The predicted molar refractivity (Wildman–Crippen MR) is 96.5 cm³/mol. The van der Waals surface area contributed by atoms with Gasteiger partial charge in [0, 0.05) is 17.3 Å². The lowest BCUT2D eigenvalue weighted by atomic mass is 10.1. The zero-order chi connectivity index (χ0) is 17.7. The molecule has 2 rings (SSSR count). The van der Waals surface area contributed by atoms with E-state index in [4.69, 9.17) is 11.6 Å². The smallest absolute Gasteiger partial charge is 0.239 e. The van der Waals surface area contributed by atoms with Crippen LogP contribution < -0.4 is 5.32 Å². The third-order valence-electron chi connectivity index (χ3n) is 3.34. The minimum Gasteiger partial charge on any atom is -0.325 e. The van der Waals surface area contributed by atoms with E-state index in [2.05, 4.69) is 5.32 Å². The molecule has 0 saturated carbocycles. The Balaban J connectivity index is 2.10. The van der Waals surface area contributed by atoms with Gasteiger partial charge in [-0.05, 0) is 30.7 Å². The summed E-state index contributed by atoms with van der Waals surface area (Å²) in [6.07, 6.45) is 1.09. The molecule has 7 heteroatoms. The number of nitrogens with zero attached hydrogens (tertiary/aromatic N) is 1. The standard InChI is InChI=1S/C17H19ClN2O3S/c1-13-5-3-6-14(9-13)11-20(24(2,22)23)12-17(21)19-16-8-4-7-15(18)10-16/h3-10H,11-12H2,1-2H3,(H,19,21). The van der Waals surface area contributed by atoms with Crippen LogP contribution in [0.25, 0.3) is 0 Å². The zero-order valence-corrected chi connectivity index (χ0v) is 15.1. The van der Waals surface area contributed by atoms with Crippen molar-refractivity contribution in [1.82, 2.24) is 4.31 Å². The summed E-state index contributed by atoms with van der Waals surface area (Å²) in [5, 5.41) is 3.15. The number of sulfonamides is 1. The number of aryl methyl sites for hydroxylation is 1. The van der Waals surface area contributed by atoms with Crippen molar-refractivity contribution in [2.45, 2.75) is 13.5 Å². The number of benzene rings is 2. The second kappa shape index (κ2) is 7.79. The van der Waals surface area contributed by atoms with Gasteiger partial charge in [-0.25, -0.2) is 8.42 Å². The second-order valence-electron chi connectivity index (χ2n) is 5.58. The highest BCUT2D eigenvalue weighted by atomic mass is 35.5. The van der Waals surface area contributed by atoms with Crippen LogP contribution in [-0.2, 0) is 21.4 Å². The van der Waals surface area contributed by atoms with Gasteiger partial charge in [0.1, 0.15) is 0 Å². The van der Waals surface area contributed by atoms with Crippen molar-refractivity contribution in [2.75, 3.05) is 18.1 Å². The van der Waals surface area contributed by atoms with E-state index in [9.17, 15) is 13.2 Å². The Hall–Kier alpha value is -1.89. The first-order valence-electron chi connectivity index (χ1n) is 7.30. The molecule has 0 spiro atoms. The Morgan fingerprint density at radius 3 is 2.50 bits per heavy atom. The van der Waals surface area contributed by atoms with Crippen molar-refractivity contribution >= 4 is 33.2 Å². The molecule has 1 amide bonds. The van der Waals surface area contributed by atoms with Gasteiger partial charge in [-0.2, -0.15) is 4.31 Å². The summed E-state index contributed by atoms with van der Waals surface area (Å²) >= 11 is 5.87. The molecule has 24 heavy (non-hydrogen) atoms. The fraction of sp³-hybridized carbons (Fsp3) is 0.235. The number of amides is 1. The summed E-state index contributed by atoms with van der Waals surface area (Å²) in [5.41, 5.74) is 2.39. The summed E-state index contributed by atoms with van der Waals surface area (Å²) in [6.45, 7) is 1.81. The molecule has 0 unspecified atom stereocenters. The van der Waals surface area contributed by atoms with Crippen molar-refractivity contribution in [3.05, 3.63) is 64.7 Å². The molecular formula is C17H19ClN2O3S. The molecule has 0 saturated heterocycles. The minimum atomic E-state index is -3.53. The van der Waals surface area contributed by atoms with Crippen molar-refractivity contribution in [1.29, 1.82) is 0 Å². The van der Waals surface area contributed by atoms with Gasteiger partial charge in [0.2, 0.25) is 15.9 Å². The molecule has 0 heterocycles. The highest BCUT2D eigenvalue weighted by molar-refractivity contribution is 7.88. The van der Waals surface area contributed by atoms with Crippen LogP contribution in [0.3, 0.4) is 0 Å². The van der Waals surface area contributed by atoms with Crippen LogP contribution in [0.4, 0.5) is 5.69 Å². The number of hydrogen-bond acceptors (Lipinski definition) is 3. The maximum atomic E-state index is 12.2. The molecule has 0 aromatic heterocycles. The number of carbonyl (C=O) groups excluding carboxylic acids is 1. The van der Waals surface area contributed by atoms with E-state index in [0.29, 0.717) is 10.7 Å². The van der Waals surface area contributed by atoms with E-state index in [1.54, 1.807) is 24.3 Å². The average molecular weight is 367 g/mol. The fourth-order valence-corrected chi connectivity index (χ4v) is 3.16. The van der Waals surface area contributed by atoms with E-state index < -0.39 is 15.9 Å². The number of anilines is 1. The molecule has 0 aliphatic heterocycles. The number of rotatable bonds is 6. The van der Waals surface area contributed by atoms with E-state index in [-0.39, 0.29) is 13.1 Å². The Bertz CT molecular complexity index is 837. The molecule has 0 bridgehead atoms. The SMILES string of the molecule is Cc1cccc(CN(CC(=O)Nc2cccc(Cl)c2)S(C)(=O)=O)c1. The Kier molecular flexibility index (Phi) is 5.99. The minimum absolute atomic E-state index is 0.142. The molecule has 0 aliphatic carbocycles. The van der Waals surface area contributed by atoms with E-state index in [1.807, 2.05) is 31.2 Å². The molecule has 0 aliphatic rings. The van der Waals surface area contributed by atoms with E-state index in [0.717, 1.165) is 21.7 Å². The van der Waals surface area contributed by atoms with E-state index >= 15 is 0 Å². The maximum Gasteiger partial charge on any atom is 0.239 e. The quantitative estimate of drug-likeness (QED) is 0.854. The van der Waals surface area contributed by atoms with Crippen LogP contribution in [0.2, 0.25) is 5.02 Å². The Morgan fingerprint density at radius 1 is 1.17 bits per heavy atom. The van der Waals surface area contributed by atoms with Crippen molar-refractivity contribution < 1.29 is 13.2 Å². The van der Waals surface area contributed by atoms with Crippen LogP contribution in [0.1, 0.15) is 11.1 Å². The lowest BCUT2D eigenvalue weighted by molar-refractivity contribution is -0.116. The average Bonchev–Trinajstić information content (AvgIpc) is 2.45. The summed E-state index contributed by atoms with van der Waals surface area (Å²) in [5.74, 6) is -0.421. The first-order chi connectivity index (χ1) is 11.2. The van der Waals surface area contributed by atoms with Gasteiger partial charge in [0.05, 0.1) is 12.8 Å². The first-order valence-corrected chi connectivity index (χ1v) is 9.53. The summed E-state index contributed by atoms with van der Waals surface area (Å²) < 4.78 is 25.1. The Morgan fingerprint density at radius 2 is 1.88 bits per heavy atom. The van der Waals surface area contributed by atoms with Crippen molar-refractivity contribution in [3.8, 4) is 0 Å². The van der Waals surface area contributed by atoms with E-state index in [1.165, 1.54) is 0 Å². The third kappa shape index (κ3) is 5.63. The number of hydrogen-bond donors (Lipinski definition) is 1. The second-order valence-corrected chi connectivity index (χ2v) is 8.00. The first kappa shape index (κ1) is 18.4. The summed E-state index contributed by atoms with van der Waals surface area (Å²) in [6, 6.07) is 14.2. The van der Waals surface area contributed by atoms with Gasteiger partial charge in [0.15, 0.2) is 0 Å². The number of halogens is 1. The summed E-state index contributed by atoms with van der Waals surface area (Å²) in [7, 11) is -3.53. The molecule has 0 radical (unpaired) electrons. The molecule has 2 aromatic rings. The molecule has 128 valence electrons. The lowest BCUT2D eigenvalue weighted by Gasteiger charge is -2.20. The molecule has 0 atom stereocenters. The molecular weight excluding hydrogens is 348 g/mol. The van der Waals surface area contributed by atoms with Crippen LogP contribution >= 0.6 is 11.6 Å². The molecule has 5 nitrogen and oxygen atoms in total.